The molecule has 7 heteroatoms. The highest BCUT2D eigenvalue weighted by Gasteiger charge is 2.22. The van der Waals surface area contributed by atoms with Gasteiger partial charge in [0, 0.05) is 12.1 Å². The Labute approximate surface area is 171 Å². The van der Waals surface area contributed by atoms with Crippen LogP contribution in [0, 0.1) is 6.92 Å². The third-order valence-corrected chi connectivity index (χ3v) is 5.82. The molecule has 0 fully saturated rings. The quantitative estimate of drug-likeness (QED) is 0.277. The summed E-state index contributed by atoms with van der Waals surface area (Å²) in [5.41, 5.74) is 2.35. The van der Waals surface area contributed by atoms with Crippen molar-refractivity contribution < 1.29 is 4.79 Å². The van der Waals surface area contributed by atoms with Crippen LogP contribution in [0.1, 0.15) is 22.8 Å². The average Bonchev–Trinajstić information content (AvgIpc) is 3.14. The molecule has 0 amide bonds. The van der Waals surface area contributed by atoms with Crippen molar-refractivity contribution in [3.63, 3.8) is 0 Å². The maximum absolute atomic E-state index is 12.9. The molecule has 0 bridgehead atoms. The highest BCUT2D eigenvalue weighted by Crippen LogP contribution is 2.27. The normalized spacial score (nSPS) is 12.3. The summed E-state index contributed by atoms with van der Waals surface area (Å²) in [6.45, 7) is 7.91. The second kappa shape index (κ2) is 7.67. The number of allylic oxidation sites excluding steroid dienone is 1. The minimum Gasteiger partial charge on any atom is -0.293 e. The van der Waals surface area contributed by atoms with E-state index in [0.29, 0.717) is 28.4 Å². The molecule has 0 saturated heterocycles. The van der Waals surface area contributed by atoms with Crippen molar-refractivity contribution in [3.05, 3.63) is 82.7 Å². The number of aromatic nitrogens is 4. The summed E-state index contributed by atoms with van der Waals surface area (Å²) in [5.74, 6) is 0.460. The van der Waals surface area contributed by atoms with Gasteiger partial charge >= 0.3 is 0 Å². The Morgan fingerprint density at radius 3 is 2.62 bits per heavy atom. The van der Waals surface area contributed by atoms with E-state index in [9.17, 15) is 9.59 Å². The number of ketones is 1. The van der Waals surface area contributed by atoms with Crippen LogP contribution < -0.4 is 5.56 Å². The van der Waals surface area contributed by atoms with Gasteiger partial charge in [0.1, 0.15) is 0 Å². The number of nitrogens with zero attached hydrogens (tertiary/aromatic N) is 4. The Bertz CT molecular complexity index is 1290. The average molecular weight is 404 g/mol. The van der Waals surface area contributed by atoms with Crippen LogP contribution in [0.4, 0.5) is 0 Å². The second-order valence-electron chi connectivity index (χ2n) is 6.83. The van der Waals surface area contributed by atoms with Gasteiger partial charge in [-0.1, -0.05) is 59.8 Å². The van der Waals surface area contributed by atoms with E-state index in [1.165, 1.54) is 11.8 Å². The molecule has 0 aliphatic rings. The zero-order valence-corrected chi connectivity index (χ0v) is 17.0. The van der Waals surface area contributed by atoms with Crippen LogP contribution in [0.2, 0.25) is 0 Å². The van der Waals surface area contributed by atoms with E-state index >= 15 is 0 Å². The fourth-order valence-electron chi connectivity index (χ4n) is 3.27. The molecule has 0 saturated carbocycles. The Kier molecular flexibility index (Phi) is 5.07. The number of carbonyl (C=O) groups is 1. The van der Waals surface area contributed by atoms with Gasteiger partial charge in [0.05, 0.1) is 16.2 Å². The van der Waals surface area contributed by atoms with Crippen LogP contribution in [0.15, 0.2) is 71.1 Å². The maximum atomic E-state index is 12.9. The fourth-order valence-corrected chi connectivity index (χ4v) is 4.20. The summed E-state index contributed by atoms with van der Waals surface area (Å²) in [6.07, 6.45) is 1.65. The molecule has 0 spiro atoms. The summed E-state index contributed by atoms with van der Waals surface area (Å²) in [6, 6.07) is 14.9. The lowest BCUT2D eigenvalue weighted by molar-refractivity contribution is 0.0994. The highest BCUT2D eigenvalue weighted by atomic mass is 32.2. The maximum Gasteiger partial charge on any atom is 0.263 e. The zero-order chi connectivity index (χ0) is 20.5. The second-order valence-corrected chi connectivity index (χ2v) is 8.14. The molecular weight excluding hydrogens is 384 g/mol. The number of carbonyl (C=O) groups excluding carboxylic acids is 1. The lowest BCUT2D eigenvalue weighted by Gasteiger charge is -2.12. The minimum atomic E-state index is -0.358. The summed E-state index contributed by atoms with van der Waals surface area (Å²) in [7, 11) is 0. The first-order valence-electron chi connectivity index (χ1n) is 9.26. The first kappa shape index (κ1) is 19.1. The van der Waals surface area contributed by atoms with Gasteiger partial charge in [-0.3, -0.25) is 18.6 Å². The van der Waals surface area contributed by atoms with E-state index < -0.39 is 0 Å². The summed E-state index contributed by atoms with van der Waals surface area (Å²) in [5, 5.41) is 9.31. The SMILES string of the molecule is C=CCn1c(=O)c2ccccc2n2c(SC(C)C(=O)c3ccc(C)cc3)nnc12. The number of fused-ring (bicyclic) bond motifs is 3. The third kappa shape index (κ3) is 3.38. The van der Waals surface area contributed by atoms with Crippen molar-refractivity contribution in [3.8, 4) is 0 Å². The monoisotopic (exact) mass is 404 g/mol. The van der Waals surface area contributed by atoms with Gasteiger partial charge < -0.3 is 0 Å². The number of benzene rings is 2. The molecule has 6 nitrogen and oxygen atoms in total. The largest absolute Gasteiger partial charge is 0.293 e. The molecule has 4 aromatic rings. The summed E-state index contributed by atoms with van der Waals surface area (Å²) in [4.78, 5) is 25.7. The lowest BCUT2D eigenvalue weighted by atomic mass is 10.1. The lowest BCUT2D eigenvalue weighted by Crippen LogP contribution is -2.23. The standard InChI is InChI=1S/C22H20N4O2S/c1-4-13-25-20(28)17-7-5-6-8-18(17)26-21(25)23-24-22(26)29-15(3)19(27)16-11-9-14(2)10-12-16/h4-12,15H,1,13H2,2-3H3. The van der Waals surface area contributed by atoms with Crippen LogP contribution in [-0.2, 0) is 6.54 Å². The van der Waals surface area contributed by atoms with E-state index in [-0.39, 0.29) is 16.6 Å². The third-order valence-electron chi connectivity index (χ3n) is 4.78. The van der Waals surface area contributed by atoms with Crippen molar-refractivity contribution in [2.75, 3.05) is 0 Å². The molecule has 0 N–H and O–H groups in total. The van der Waals surface area contributed by atoms with Crippen molar-refractivity contribution >= 4 is 34.2 Å². The van der Waals surface area contributed by atoms with Gasteiger partial charge in [0.2, 0.25) is 5.78 Å². The Morgan fingerprint density at radius 2 is 1.90 bits per heavy atom. The van der Waals surface area contributed by atoms with E-state index in [0.717, 1.165) is 11.1 Å². The molecule has 0 aliphatic heterocycles. The van der Waals surface area contributed by atoms with Gasteiger partial charge in [-0.05, 0) is 26.0 Å². The van der Waals surface area contributed by atoms with Crippen molar-refractivity contribution in [1.82, 2.24) is 19.2 Å². The molecule has 0 aliphatic carbocycles. The van der Waals surface area contributed by atoms with E-state index in [4.69, 9.17) is 0 Å². The summed E-state index contributed by atoms with van der Waals surface area (Å²) < 4.78 is 3.38. The molecular formula is C22H20N4O2S. The van der Waals surface area contributed by atoms with Crippen molar-refractivity contribution in [2.45, 2.75) is 30.8 Å². The molecule has 146 valence electrons. The molecule has 2 aromatic heterocycles. The Hall–Kier alpha value is -3.19. The molecule has 0 radical (unpaired) electrons. The highest BCUT2D eigenvalue weighted by molar-refractivity contribution is 8.00. The van der Waals surface area contributed by atoms with Gasteiger partial charge in [0.15, 0.2) is 10.9 Å². The smallest absolute Gasteiger partial charge is 0.263 e. The Balaban J connectivity index is 1.80. The van der Waals surface area contributed by atoms with Crippen LogP contribution in [0.25, 0.3) is 16.7 Å². The Morgan fingerprint density at radius 1 is 1.17 bits per heavy atom. The number of rotatable bonds is 6. The van der Waals surface area contributed by atoms with E-state index in [1.807, 2.05) is 60.7 Å². The van der Waals surface area contributed by atoms with Crippen molar-refractivity contribution in [2.24, 2.45) is 0 Å². The topological polar surface area (TPSA) is 69.3 Å². The number of Topliss-reactive ketones (excluding diaryl/α,β-unsaturated/α-hetero) is 1. The minimum absolute atomic E-state index is 0.0236. The number of hydrogen-bond donors (Lipinski definition) is 0. The molecule has 4 rings (SSSR count). The number of hydrogen-bond acceptors (Lipinski definition) is 5. The van der Waals surface area contributed by atoms with Crippen LogP contribution in [0.5, 0.6) is 0 Å². The van der Waals surface area contributed by atoms with Crippen LogP contribution in [-0.4, -0.2) is 30.2 Å². The number of thioether (sulfide) groups is 1. The number of aryl methyl sites for hydroxylation is 1. The number of para-hydroxylation sites is 1. The van der Waals surface area contributed by atoms with E-state index in [2.05, 4.69) is 16.8 Å². The first-order valence-corrected chi connectivity index (χ1v) is 10.1. The molecule has 2 aromatic carbocycles. The first-order chi connectivity index (χ1) is 14.0. The molecule has 1 atom stereocenters. The molecule has 2 heterocycles. The van der Waals surface area contributed by atoms with Gasteiger partial charge in [-0.25, -0.2) is 0 Å². The fraction of sp³-hybridized carbons (Fsp3) is 0.182. The van der Waals surface area contributed by atoms with Crippen LogP contribution in [0.3, 0.4) is 0 Å². The van der Waals surface area contributed by atoms with Gasteiger partial charge in [-0.15, -0.1) is 16.8 Å². The van der Waals surface area contributed by atoms with Crippen molar-refractivity contribution in [1.29, 1.82) is 0 Å². The predicted molar refractivity (Wildman–Crippen MR) is 116 cm³/mol. The molecule has 1 unspecified atom stereocenters. The molecule has 29 heavy (non-hydrogen) atoms. The summed E-state index contributed by atoms with van der Waals surface area (Å²) >= 11 is 1.33. The predicted octanol–water partition coefficient (Wildman–Crippen LogP) is 3.90. The van der Waals surface area contributed by atoms with E-state index in [1.54, 1.807) is 16.7 Å². The zero-order valence-electron chi connectivity index (χ0n) is 16.2. The van der Waals surface area contributed by atoms with Gasteiger partial charge in [0.25, 0.3) is 5.56 Å². The van der Waals surface area contributed by atoms with Crippen LogP contribution >= 0.6 is 11.8 Å². The van der Waals surface area contributed by atoms with Gasteiger partial charge in [-0.2, -0.15) is 0 Å².